The first-order chi connectivity index (χ1) is 19.0. The van der Waals surface area contributed by atoms with Crippen LogP contribution in [-0.4, -0.2) is 32.1 Å². The molecule has 41 heavy (non-hydrogen) atoms. The van der Waals surface area contributed by atoms with Crippen LogP contribution in [-0.2, 0) is 16.1 Å². The summed E-state index contributed by atoms with van der Waals surface area (Å²) in [5.41, 5.74) is 1.49. The Labute approximate surface area is 247 Å². The molecule has 6 nitrogen and oxygen atoms in total. The zero-order chi connectivity index (χ0) is 29.8. The van der Waals surface area contributed by atoms with Gasteiger partial charge in [-0.1, -0.05) is 61.0 Å². The van der Waals surface area contributed by atoms with Crippen molar-refractivity contribution < 1.29 is 14.7 Å². The molecule has 0 saturated heterocycles. The summed E-state index contributed by atoms with van der Waals surface area (Å²) >= 11 is 0. The third kappa shape index (κ3) is 3.80. The van der Waals surface area contributed by atoms with E-state index in [1.165, 1.54) is 30.4 Å². The van der Waals surface area contributed by atoms with Gasteiger partial charge in [-0.25, -0.2) is 4.98 Å². The maximum absolute atomic E-state index is 13.3. The van der Waals surface area contributed by atoms with Crippen LogP contribution in [0.3, 0.4) is 0 Å². The average Bonchev–Trinajstić information content (AvgIpc) is 3.47. The van der Waals surface area contributed by atoms with E-state index < -0.39 is 11.1 Å². The number of hydrogen-bond acceptors (Lipinski definition) is 4. The molecule has 2 N–H and O–H groups in total. The summed E-state index contributed by atoms with van der Waals surface area (Å²) in [5, 5.41) is 15.2. The molecule has 1 aromatic heterocycles. The van der Waals surface area contributed by atoms with Gasteiger partial charge in [-0.15, -0.1) is 0 Å². The van der Waals surface area contributed by atoms with Crippen molar-refractivity contribution in [2.45, 2.75) is 125 Å². The van der Waals surface area contributed by atoms with Gasteiger partial charge >= 0.3 is 0 Å². The van der Waals surface area contributed by atoms with Crippen molar-refractivity contribution in [2.75, 3.05) is 0 Å². The minimum atomic E-state index is -1.24. The smallest absolute Gasteiger partial charge is 0.242 e. The largest absolute Gasteiger partial charge is 0.370 e. The Balaban J connectivity index is 1.31. The van der Waals surface area contributed by atoms with Gasteiger partial charge in [0.2, 0.25) is 5.91 Å². The van der Waals surface area contributed by atoms with Gasteiger partial charge in [0.25, 0.3) is 0 Å². The summed E-state index contributed by atoms with van der Waals surface area (Å²) in [4.78, 5) is 30.5. The van der Waals surface area contributed by atoms with Crippen LogP contribution in [0, 0.1) is 50.7 Å². The standard InChI is InChI=1S/C35H53N3O3/c1-22(2)28-24(39)19-31(5)13-15-33(7)23(29(28)31)9-10-26-32(6)14-16-35(41,37-27(40)20-38-18-17-36-21-38)30(3,4)25(32)11-12-34(26,33)8/h17-18,21-23,25-26,41H,9-16,19-20H2,1-8H3,(H,37,40)/t23-,25+,26-,31+,32+,33-,34-,35+/m1/s1. The van der Waals surface area contributed by atoms with Gasteiger partial charge in [0.05, 0.1) is 6.33 Å². The zero-order valence-electron chi connectivity index (χ0n) is 26.8. The number of aromatic nitrogens is 2. The Morgan fingerprint density at radius 2 is 1.73 bits per heavy atom. The monoisotopic (exact) mass is 563 g/mol. The minimum absolute atomic E-state index is 0.0450. The lowest BCUT2D eigenvalue weighted by molar-refractivity contribution is -0.257. The number of fused-ring (bicyclic) bond motifs is 7. The van der Waals surface area contributed by atoms with Crippen molar-refractivity contribution in [1.29, 1.82) is 0 Å². The average molecular weight is 564 g/mol. The molecule has 1 amide bonds. The number of imidazole rings is 1. The van der Waals surface area contributed by atoms with Crippen molar-refractivity contribution in [2.24, 2.45) is 50.7 Å². The lowest BCUT2D eigenvalue weighted by Crippen LogP contribution is -2.71. The van der Waals surface area contributed by atoms with Gasteiger partial charge in [-0.2, -0.15) is 0 Å². The van der Waals surface area contributed by atoms with Gasteiger partial charge in [0.15, 0.2) is 5.78 Å². The van der Waals surface area contributed by atoms with E-state index in [0.717, 1.165) is 25.7 Å². The Hall–Kier alpha value is -1.95. The van der Waals surface area contributed by atoms with Crippen molar-refractivity contribution in [3.05, 3.63) is 29.9 Å². The van der Waals surface area contributed by atoms with Crippen LogP contribution in [0.4, 0.5) is 0 Å². The van der Waals surface area contributed by atoms with E-state index in [4.69, 9.17) is 0 Å². The first-order valence-corrected chi connectivity index (χ1v) is 16.3. The van der Waals surface area contributed by atoms with E-state index in [0.29, 0.717) is 42.3 Å². The highest BCUT2D eigenvalue weighted by Gasteiger charge is 2.71. The third-order valence-corrected chi connectivity index (χ3v) is 14.2. The van der Waals surface area contributed by atoms with Gasteiger partial charge in [-0.05, 0) is 102 Å². The highest BCUT2D eigenvalue weighted by molar-refractivity contribution is 6.00. The fourth-order valence-electron chi connectivity index (χ4n) is 11.9. The third-order valence-electron chi connectivity index (χ3n) is 14.2. The summed E-state index contributed by atoms with van der Waals surface area (Å²) in [6, 6.07) is 0. The molecular formula is C35H53N3O3. The maximum Gasteiger partial charge on any atom is 0.242 e. The summed E-state index contributed by atoms with van der Waals surface area (Å²) < 4.78 is 1.75. The number of nitrogens with one attached hydrogen (secondary N) is 1. The van der Waals surface area contributed by atoms with Crippen LogP contribution in [0.1, 0.15) is 113 Å². The number of nitrogens with zero attached hydrogens (tertiary/aromatic N) is 2. The van der Waals surface area contributed by atoms with Crippen molar-refractivity contribution >= 4 is 11.7 Å². The second-order valence-electron chi connectivity index (χ2n) is 16.6. The van der Waals surface area contributed by atoms with E-state index in [1.54, 1.807) is 23.3 Å². The number of aliphatic hydroxyl groups is 1. The van der Waals surface area contributed by atoms with Gasteiger partial charge in [0, 0.05) is 24.2 Å². The highest BCUT2D eigenvalue weighted by Crippen LogP contribution is 2.77. The van der Waals surface area contributed by atoms with E-state index in [1.807, 2.05) is 0 Å². The Morgan fingerprint density at radius 3 is 2.39 bits per heavy atom. The van der Waals surface area contributed by atoms with E-state index >= 15 is 0 Å². The summed E-state index contributed by atoms with van der Waals surface area (Å²) in [6.45, 7) is 19.1. The van der Waals surface area contributed by atoms with E-state index in [-0.39, 0.29) is 34.1 Å². The Kier molecular flexibility index (Phi) is 6.42. The normalized spacial score (nSPS) is 45.1. The number of ketones is 1. The lowest BCUT2D eigenvalue weighted by atomic mass is 9.32. The maximum atomic E-state index is 13.3. The molecule has 5 aliphatic carbocycles. The predicted octanol–water partition coefficient (Wildman–Crippen LogP) is 6.69. The molecular weight excluding hydrogens is 510 g/mol. The summed E-state index contributed by atoms with van der Waals surface area (Å²) in [7, 11) is 0. The Morgan fingerprint density at radius 1 is 1.00 bits per heavy atom. The molecule has 1 heterocycles. The molecule has 6 rings (SSSR count). The van der Waals surface area contributed by atoms with Gasteiger partial charge < -0.3 is 15.0 Å². The first kappa shape index (κ1) is 29.1. The van der Waals surface area contributed by atoms with Crippen LogP contribution in [0.25, 0.3) is 0 Å². The van der Waals surface area contributed by atoms with Crippen molar-refractivity contribution in [1.82, 2.24) is 14.9 Å². The number of allylic oxidation sites excluding steroid dienone is 2. The number of Topliss-reactive ketones (excluding diaryl/α,β-unsaturated/α-hetero) is 1. The zero-order valence-corrected chi connectivity index (χ0v) is 26.8. The number of carbonyl (C=O) groups is 2. The SMILES string of the molecule is CC(C)C1=C2[C@H]3CC[C@@H]4[C@@]5(C)CC[C@@](O)(NC(=O)Cn6ccnc6)C(C)(C)[C@@H]5CC[C@@]4(C)[C@]3(C)CC[C@@]2(C)CC1=O. The molecule has 226 valence electrons. The molecule has 0 spiro atoms. The van der Waals surface area contributed by atoms with Crippen LogP contribution >= 0.6 is 0 Å². The van der Waals surface area contributed by atoms with Crippen LogP contribution in [0.15, 0.2) is 29.9 Å². The fraction of sp³-hybridized carbons (Fsp3) is 0.800. The topological polar surface area (TPSA) is 84.2 Å². The number of amides is 1. The lowest BCUT2D eigenvalue weighted by Gasteiger charge is -2.73. The minimum Gasteiger partial charge on any atom is -0.370 e. The first-order valence-electron chi connectivity index (χ1n) is 16.3. The summed E-state index contributed by atoms with van der Waals surface area (Å²) in [6.07, 6.45) is 14.2. The Bertz CT molecular complexity index is 1280. The second-order valence-corrected chi connectivity index (χ2v) is 16.6. The molecule has 0 bridgehead atoms. The van der Waals surface area contributed by atoms with Gasteiger partial charge in [0.1, 0.15) is 12.3 Å². The number of carbonyl (C=O) groups excluding carboxylic acids is 2. The van der Waals surface area contributed by atoms with Crippen LogP contribution in [0.5, 0.6) is 0 Å². The molecule has 8 atom stereocenters. The predicted molar refractivity (Wildman–Crippen MR) is 160 cm³/mol. The molecule has 4 fully saturated rings. The van der Waals surface area contributed by atoms with Crippen molar-refractivity contribution in [3.8, 4) is 0 Å². The molecule has 5 aliphatic rings. The van der Waals surface area contributed by atoms with Crippen LogP contribution < -0.4 is 5.32 Å². The van der Waals surface area contributed by atoms with Gasteiger partial charge in [-0.3, -0.25) is 9.59 Å². The summed E-state index contributed by atoms with van der Waals surface area (Å²) in [5.74, 6) is 1.90. The molecule has 1 aromatic rings. The van der Waals surface area contributed by atoms with Crippen LogP contribution in [0.2, 0.25) is 0 Å². The van der Waals surface area contributed by atoms with E-state index in [9.17, 15) is 14.7 Å². The molecule has 0 unspecified atom stereocenters. The van der Waals surface area contributed by atoms with E-state index in [2.05, 4.69) is 65.7 Å². The number of hydrogen-bond donors (Lipinski definition) is 2. The molecule has 0 radical (unpaired) electrons. The fourth-order valence-corrected chi connectivity index (χ4v) is 11.9. The molecule has 0 aliphatic heterocycles. The number of rotatable bonds is 4. The second kappa shape index (κ2) is 9.03. The quantitative estimate of drug-likeness (QED) is 0.400. The highest BCUT2D eigenvalue weighted by atomic mass is 16.3. The molecule has 6 heteroatoms. The molecule has 4 saturated carbocycles. The molecule has 0 aromatic carbocycles. The van der Waals surface area contributed by atoms with Crippen molar-refractivity contribution in [3.63, 3.8) is 0 Å².